The van der Waals surface area contributed by atoms with Gasteiger partial charge >= 0.3 is 0 Å². The van der Waals surface area contributed by atoms with Crippen molar-refractivity contribution in [2.24, 2.45) is 5.92 Å². The summed E-state index contributed by atoms with van der Waals surface area (Å²) in [6.45, 7) is 1.81. The molecule has 2 aliphatic rings. The number of carbonyl (C=O) groups is 1. The van der Waals surface area contributed by atoms with Crippen molar-refractivity contribution in [3.63, 3.8) is 0 Å². The molecule has 0 spiro atoms. The molecular weight excluding hydrogens is 256 g/mol. The maximum Gasteiger partial charge on any atom is 0.254 e. The topological polar surface area (TPSA) is 62.7 Å². The molecule has 1 aliphatic heterocycles. The van der Waals surface area contributed by atoms with E-state index in [-0.39, 0.29) is 5.91 Å². The quantitative estimate of drug-likeness (QED) is 0.904. The van der Waals surface area contributed by atoms with Crippen LogP contribution in [0.4, 0.5) is 0 Å². The maximum absolute atomic E-state index is 12.4. The lowest BCUT2D eigenvalue weighted by molar-refractivity contribution is 0.0473. The van der Waals surface area contributed by atoms with E-state index in [9.17, 15) is 9.90 Å². The van der Waals surface area contributed by atoms with Crippen LogP contribution in [-0.4, -0.2) is 46.7 Å². The maximum atomic E-state index is 12.4. The number of hydrogen-bond acceptors (Lipinski definition) is 4. The summed E-state index contributed by atoms with van der Waals surface area (Å²) in [6, 6.07) is 3.40. The van der Waals surface area contributed by atoms with Gasteiger partial charge < -0.3 is 14.7 Å². The number of aromatic nitrogens is 1. The normalized spacial score (nSPS) is 22.6. The third kappa shape index (κ3) is 3.28. The molecule has 3 rings (SSSR count). The van der Waals surface area contributed by atoms with E-state index >= 15 is 0 Å². The van der Waals surface area contributed by atoms with Crippen molar-refractivity contribution in [3.8, 4) is 5.88 Å². The minimum absolute atomic E-state index is 0.0533. The fourth-order valence-electron chi connectivity index (χ4n) is 2.43. The second-order valence-electron chi connectivity index (χ2n) is 5.68. The summed E-state index contributed by atoms with van der Waals surface area (Å²) in [6.07, 6.45) is 5.28. The van der Waals surface area contributed by atoms with E-state index in [1.807, 2.05) is 0 Å². The number of amides is 1. The van der Waals surface area contributed by atoms with Crippen LogP contribution < -0.4 is 4.74 Å². The number of pyridine rings is 1. The Morgan fingerprint density at radius 3 is 3.05 bits per heavy atom. The Labute approximate surface area is 118 Å². The van der Waals surface area contributed by atoms with E-state index in [2.05, 4.69) is 4.98 Å². The van der Waals surface area contributed by atoms with Crippen molar-refractivity contribution in [2.75, 3.05) is 19.7 Å². The summed E-state index contributed by atoms with van der Waals surface area (Å²) >= 11 is 0. The van der Waals surface area contributed by atoms with Crippen LogP contribution >= 0.6 is 0 Å². The molecule has 1 amide bonds. The van der Waals surface area contributed by atoms with Gasteiger partial charge in [-0.2, -0.15) is 0 Å². The van der Waals surface area contributed by atoms with Crippen molar-refractivity contribution in [2.45, 2.75) is 31.8 Å². The van der Waals surface area contributed by atoms with Gasteiger partial charge in [-0.25, -0.2) is 4.98 Å². The first-order chi connectivity index (χ1) is 9.72. The highest BCUT2D eigenvalue weighted by molar-refractivity contribution is 5.94. The van der Waals surface area contributed by atoms with Gasteiger partial charge in [0.2, 0.25) is 5.88 Å². The SMILES string of the molecule is O=C(c1ccnc(OCC2CC2)c1)N1CCCC(O)C1. The second-order valence-corrected chi connectivity index (χ2v) is 5.68. The molecule has 2 heterocycles. The predicted molar refractivity (Wildman–Crippen MR) is 73.6 cm³/mol. The lowest BCUT2D eigenvalue weighted by Crippen LogP contribution is -2.42. The molecule has 1 aromatic heterocycles. The minimum atomic E-state index is -0.403. The van der Waals surface area contributed by atoms with Gasteiger partial charge in [0.05, 0.1) is 12.7 Å². The molecule has 20 heavy (non-hydrogen) atoms. The zero-order valence-corrected chi connectivity index (χ0v) is 11.5. The molecule has 1 saturated heterocycles. The van der Waals surface area contributed by atoms with Crippen LogP contribution in [0, 0.1) is 5.92 Å². The number of aliphatic hydroxyl groups excluding tert-OH is 1. The smallest absolute Gasteiger partial charge is 0.254 e. The summed E-state index contributed by atoms with van der Waals surface area (Å²) < 4.78 is 5.60. The largest absolute Gasteiger partial charge is 0.477 e. The number of likely N-dealkylation sites (tertiary alicyclic amines) is 1. The van der Waals surface area contributed by atoms with E-state index < -0.39 is 6.10 Å². The summed E-state index contributed by atoms with van der Waals surface area (Å²) in [5, 5.41) is 9.65. The van der Waals surface area contributed by atoms with Crippen LogP contribution in [0.5, 0.6) is 5.88 Å². The third-order valence-electron chi connectivity index (χ3n) is 3.83. The van der Waals surface area contributed by atoms with Crippen LogP contribution in [0.25, 0.3) is 0 Å². The zero-order valence-electron chi connectivity index (χ0n) is 11.5. The lowest BCUT2D eigenvalue weighted by Gasteiger charge is -2.30. The standard InChI is InChI=1S/C15H20N2O3/c18-13-2-1-7-17(9-13)15(19)12-5-6-16-14(8-12)20-10-11-3-4-11/h5-6,8,11,13,18H,1-4,7,9-10H2. The van der Waals surface area contributed by atoms with Crippen molar-refractivity contribution in [3.05, 3.63) is 23.9 Å². The Balaban J connectivity index is 1.65. The van der Waals surface area contributed by atoms with Gasteiger partial charge in [0.1, 0.15) is 0 Å². The Morgan fingerprint density at radius 1 is 1.45 bits per heavy atom. The third-order valence-corrected chi connectivity index (χ3v) is 3.83. The summed E-state index contributed by atoms with van der Waals surface area (Å²) in [5.41, 5.74) is 0.583. The molecule has 5 heteroatoms. The molecule has 5 nitrogen and oxygen atoms in total. The van der Waals surface area contributed by atoms with Gasteiger partial charge in [-0.15, -0.1) is 0 Å². The summed E-state index contributed by atoms with van der Waals surface area (Å²) in [7, 11) is 0. The van der Waals surface area contributed by atoms with Crippen molar-refractivity contribution in [1.29, 1.82) is 0 Å². The molecule has 0 bridgehead atoms. The molecule has 1 N–H and O–H groups in total. The van der Waals surface area contributed by atoms with Crippen LogP contribution in [-0.2, 0) is 0 Å². The first-order valence-corrected chi connectivity index (χ1v) is 7.28. The van der Waals surface area contributed by atoms with Gasteiger partial charge in [0.15, 0.2) is 0 Å². The first-order valence-electron chi connectivity index (χ1n) is 7.28. The number of carbonyl (C=O) groups excluding carboxylic acids is 1. The summed E-state index contributed by atoms with van der Waals surface area (Å²) in [4.78, 5) is 18.2. The molecule has 0 aromatic carbocycles. The van der Waals surface area contributed by atoms with Gasteiger partial charge in [0.25, 0.3) is 5.91 Å². The molecule has 1 saturated carbocycles. The second kappa shape index (κ2) is 5.79. The molecule has 0 radical (unpaired) electrons. The van der Waals surface area contributed by atoms with Crippen LogP contribution in [0.1, 0.15) is 36.0 Å². The van der Waals surface area contributed by atoms with E-state index in [1.54, 1.807) is 23.2 Å². The molecule has 1 aromatic rings. The fraction of sp³-hybridized carbons (Fsp3) is 0.600. The van der Waals surface area contributed by atoms with Gasteiger partial charge in [-0.3, -0.25) is 4.79 Å². The van der Waals surface area contributed by atoms with Crippen molar-refractivity contribution in [1.82, 2.24) is 9.88 Å². The highest BCUT2D eigenvalue weighted by Gasteiger charge is 2.24. The van der Waals surface area contributed by atoms with E-state index in [1.165, 1.54) is 12.8 Å². The first kappa shape index (κ1) is 13.4. The van der Waals surface area contributed by atoms with Crippen LogP contribution in [0.15, 0.2) is 18.3 Å². The molecule has 1 aliphatic carbocycles. The minimum Gasteiger partial charge on any atom is -0.477 e. The number of aliphatic hydroxyl groups is 1. The number of ether oxygens (including phenoxy) is 1. The number of nitrogens with zero attached hydrogens (tertiary/aromatic N) is 2. The fourth-order valence-corrected chi connectivity index (χ4v) is 2.43. The number of piperidine rings is 1. The van der Waals surface area contributed by atoms with Crippen molar-refractivity contribution >= 4 is 5.91 Å². The van der Waals surface area contributed by atoms with Crippen LogP contribution in [0.2, 0.25) is 0 Å². The Hall–Kier alpha value is -1.62. The summed E-state index contributed by atoms with van der Waals surface area (Å²) in [5.74, 6) is 1.12. The average Bonchev–Trinajstić information content (AvgIpc) is 3.29. The molecular formula is C15H20N2O3. The van der Waals surface area contributed by atoms with Crippen LogP contribution in [0.3, 0.4) is 0 Å². The Bertz CT molecular complexity index is 488. The van der Waals surface area contributed by atoms with Gasteiger partial charge in [0, 0.05) is 30.9 Å². The highest BCUT2D eigenvalue weighted by atomic mass is 16.5. The molecule has 108 valence electrons. The van der Waals surface area contributed by atoms with E-state index in [0.29, 0.717) is 37.1 Å². The monoisotopic (exact) mass is 276 g/mol. The van der Waals surface area contributed by atoms with E-state index in [0.717, 1.165) is 12.8 Å². The highest BCUT2D eigenvalue weighted by Crippen LogP contribution is 2.29. The number of β-amino-alcohol motifs (C(OH)–C–C–N with tert-alkyl or cyclic N) is 1. The Morgan fingerprint density at radius 2 is 2.30 bits per heavy atom. The van der Waals surface area contributed by atoms with Gasteiger partial charge in [-0.1, -0.05) is 0 Å². The average molecular weight is 276 g/mol. The predicted octanol–water partition coefficient (Wildman–Crippen LogP) is 1.47. The van der Waals surface area contributed by atoms with Gasteiger partial charge in [-0.05, 0) is 37.7 Å². The lowest BCUT2D eigenvalue weighted by atomic mass is 10.1. The molecule has 1 atom stereocenters. The van der Waals surface area contributed by atoms with E-state index in [4.69, 9.17) is 4.74 Å². The molecule has 1 unspecified atom stereocenters. The Kier molecular flexibility index (Phi) is 3.87. The number of rotatable bonds is 4. The zero-order chi connectivity index (χ0) is 13.9. The number of hydrogen-bond donors (Lipinski definition) is 1. The molecule has 2 fully saturated rings. The van der Waals surface area contributed by atoms with Crippen molar-refractivity contribution < 1.29 is 14.6 Å².